The zero-order chi connectivity index (χ0) is 23.8. The van der Waals surface area contributed by atoms with Crippen molar-refractivity contribution in [1.29, 1.82) is 0 Å². The highest BCUT2D eigenvalue weighted by Gasteiger charge is 2.22. The van der Waals surface area contributed by atoms with Gasteiger partial charge in [0, 0.05) is 54.7 Å². The predicted molar refractivity (Wildman–Crippen MR) is 138 cm³/mol. The molecule has 1 saturated heterocycles. The maximum Gasteiger partial charge on any atom is 0.319 e. The number of amides is 3. The summed E-state index contributed by atoms with van der Waals surface area (Å²) < 4.78 is 0. The number of nitrogens with one attached hydrogen (secondary N) is 4. The van der Waals surface area contributed by atoms with E-state index in [1.54, 1.807) is 24.3 Å². The van der Waals surface area contributed by atoms with Crippen LogP contribution in [0.3, 0.4) is 0 Å². The highest BCUT2D eigenvalue weighted by Crippen LogP contribution is 2.19. The molecule has 1 fully saturated rings. The molecule has 0 aliphatic carbocycles. The fraction of sp³-hybridized carbons (Fsp3) is 0.231. The molecule has 0 aromatic heterocycles. The summed E-state index contributed by atoms with van der Waals surface area (Å²) in [5.74, 6) is -0.287. The summed E-state index contributed by atoms with van der Waals surface area (Å²) in [6.07, 6.45) is 0.361. The first-order valence-corrected chi connectivity index (χ1v) is 11.7. The van der Waals surface area contributed by atoms with Crippen LogP contribution in [0, 0.1) is 0 Å². The van der Waals surface area contributed by atoms with Crippen LogP contribution in [0.15, 0.2) is 78.9 Å². The van der Waals surface area contributed by atoms with Crippen molar-refractivity contribution in [2.75, 3.05) is 41.7 Å². The molecule has 0 bridgehead atoms. The molecule has 1 aliphatic rings. The Kier molecular flexibility index (Phi) is 8.01. The van der Waals surface area contributed by atoms with Crippen LogP contribution in [0.2, 0.25) is 5.02 Å². The molecule has 176 valence electrons. The van der Waals surface area contributed by atoms with E-state index in [1.807, 2.05) is 54.6 Å². The quantitative estimate of drug-likeness (QED) is 0.412. The third kappa shape index (κ3) is 6.73. The van der Waals surface area contributed by atoms with Crippen molar-refractivity contribution in [2.45, 2.75) is 12.5 Å². The van der Waals surface area contributed by atoms with Crippen molar-refractivity contribution in [3.05, 3.63) is 89.4 Å². The van der Waals surface area contributed by atoms with Crippen molar-refractivity contribution in [2.24, 2.45) is 0 Å². The molecule has 7 nitrogen and oxygen atoms in total. The molecular formula is C26H28ClN5O2. The lowest BCUT2D eigenvalue weighted by Crippen LogP contribution is -2.47. The monoisotopic (exact) mass is 477 g/mol. The highest BCUT2D eigenvalue weighted by molar-refractivity contribution is 6.30. The Morgan fingerprint density at radius 3 is 2.15 bits per heavy atom. The van der Waals surface area contributed by atoms with Crippen LogP contribution < -0.4 is 26.2 Å². The summed E-state index contributed by atoms with van der Waals surface area (Å²) in [6, 6.07) is 23.0. The summed E-state index contributed by atoms with van der Waals surface area (Å²) in [4.78, 5) is 28.1. The molecule has 1 heterocycles. The molecule has 0 radical (unpaired) electrons. The largest absolute Gasteiger partial charge is 0.369 e. The van der Waals surface area contributed by atoms with E-state index in [0.717, 1.165) is 37.4 Å². The maximum absolute atomic E-state index is 13.1. The van der Waals surface area contributed by atoms with Crippen LogP contribution in [0.1, 0.15) is 5.56 Å². The number of carbonyl (C=O) groups is 2. The molecule has 3 aromatic carbocycles. The Morgan fingerprint density at radius 2 is 1.47 bits per heavy atom. The van der Waals surface area contributed by atoms with Crippen molar-refractivity contribution < 1.29 is 9.59 Å². The minimum absolute atomic E-state index is 0.287. The molecule has 0 saturated carbocycles. The number of benzene rings is 3. The van der Waals surface area contributed by atoms with E-state index in [-0.39, 0.29) is 5.91 Å². The first-order valence-electron chi connectivity index (χ1n) is 11.3. The first kappa shape index (κ1) is 23.6. The fourth-order valence-electron chi connectivity index (χ4n) is 3.83. The van der Waals surface area contributed by atoms with Crippen molar-refractivity contribution in [3.8, 4) is 0 Å². The lowest BCUT2D eigenvalue weighted by molar-refractivity contribution is -0.117. The van der Waals surface area contributed by atoms with E-state index < -0.39 is 12.1 Å². The van der Waals surface area contributed by atoms with Gasteiger partial charge in [0.1, 0.15) is 6.04 Å². The Balaban J connectivity index is 1.42. The normalized spacial score (nSPS) is 14.2. The van der Waals surface area contributed by atoms with Gasteiger partial charge in [0.05, 0.1) is 0 Å². The second-order valence-electron chi connectivity index (χ2n) is 8.12. The Bertz CT molecular complexity index is 1080. The molecule has 1 atom stereocenters. The predicted octanol–water partition coefficient (Wildman–Crippen LogP) is 4.12. The van der Waals surface area contributed by atoms with Crippen LogP contribution >= 0.6 is 11.6 Å². The molecule has 4 rings (SSSR count). The Labute approximate surface area is 204 Å². The molecule has 34 heavy (non-hydrogen) atoms. The SMILES string of the molecule is O=C(Nc1ccc(Cl)cc1)N[C@@H](Cc1ccccc1)C(=O)Nc1ccc(N2CCNCC2)cc1. The van der Waals surface area contributed by atoms with Crippen LogP contribution in [0.25, 0.3) is 0 Å². The van der Waals surface area contributed by atoms with Crippen LogP contribution in [-0.2, 0) is 11.2 Å². The molecule has 0 spiro atoms. The van der Waals surface area contributed by atoms with Gasteiger partial charge in [0.2, 0.25) is 5.91 Å². The number of piperazine rings is 1. The number of nitrogens with zero attached hydrogens (tertiary/aromatic N) is 1. The van der Waals surface area contributed by atoms with E-state index in [1.165, 1.54) is 0 Å². The van der Waals surface area contributed by atoms with Gasteiger partial charge < -0.3 is 26.2 Å². The molecule has 8 heteroatoms. The van der Waals surface area contributed by atoms with Gasteiger partial charge in [0.25, 0.3) is 0 Å². The molecular weight excluding hydrogens is 450 g/mol. The van der Waals surface area contributed by atoms with Crippen LogP contribution in [0.4, 0.5) is 21.9 Å². The van der Waals surface area contributed by atoms with E-state index in [9.17, 15) is 9.59 Å². The highest BCUT2D eigenvalue weighted by atomic mass is 35.5. The number of halogens is 1. The van der Waals surface area contributed by atoms with E-state index >= 15 is 0 Å². The van der Waals surface area contributed by atoms with E-state index in [2.05, 4.69) is 26.2 Å². The van der Waals surface area contributed by atoms with Crippen LogP contribution in [-0.4, -0.2) is 44.2 Å². The minimum atomic E-state index is -0.762. The molecule has 0 unspecified atom stereocenters. The third-order valence-corrected chi connectivity index (χ3v) is 5.88. The van der Waals surface area contributed by atoms with E-state index in [0.29, 0.717) is 22.8 Å². The van der Waals surface area contributed by atoms with Gasteiger partial charge in [-0.25, -0.2) is 4.79 Å². The number of rotatable bonds is 7. The standard InChI is InChI=1S/C26H28ClN5O2/c27-20-6-8-22(9-7-20)30-26(34)31-24(18-19-4-2-1-3-5-19)25(33)29-21-10-12-23(13-11-21)32-16-14-28-15-17-32/h1-13,24,28H,14-18H2,(H,29,33)(H2,30,31,34)/t24-/m0/s1. The van der Waals surface area contributed by atoms with Gasteiger partial charge >= 0.3 is 6.03 Å². The number of carbonyl (C=O) groups excluding carboxylic acids is 2. The summed E-state index contributed by atoms with van der Waals surface area (Å²) >= 11 is 5.91. The number of hydrogen-bond acceptors (Lipinski definition) is 4. The Hall–Kier alpha value is -3.55. The number of hydrogen-bond donors (Lipinski definition) is 4. The van der Waals surface area contributed by atoms with E-state index in [4.69, 9.17) is 11.6 Å². The summed E-state index contributed by atoms with van der Waals surface area (Å²) in [6.45, 7) is 3.84. The van der Waals surface area contributed by atoms with Gasteiger partial charge in [-0.1, -0.05) is 41.9 Å². The lowest BCUT2D eigenvalue weighted by atomic mass is 10.1. The number of anilines is 3. The zero-order valence-corrected chi connectivity index (χ0v) is 19.5. The van der Waals surface area contributed by atoms with Crippen molar-refractivity contribution in [3.63, 3.8) is 0 Å². The van der Waals surface area contributed by atoms with Gasteiger partial charge in [-0.15, -0.1) is 0 Å². The second-order valence-corrected chi connectivity index (χ2v) is 8.56. The smallest absolute Gasteiger partial charge is 0.319 e. The average Bonchev–Trinajstić information content (AvgIpc) is 2.87. The van der Waals surface area contributed by atoms with Crippen LogP contribution in [0.5, 0.6) is 0 Å². The van der Waals surface area contributed by atoms with Crippen molar-refractivity contribution in [1.82, 2.24) is 10.6 Å². The molecule has 3 aromatic rings. The van der Waals surface area contributed by atoms with Gasteiger partial charge in [-0.3, -0.25) is 4.79 Å². The number of urea groups is 1. The zero-order valence-electron chi connectivity index (χ0n) is 18.8. The second kappa shape index (κ2) is 11.5. The van der Waals surface area contributed by atoms with Gasteiger partial charge in [0.15, 0.2) is 0 Å². The van der Waals surface area contributed by atoms with Crippen molar-refractivity contribution >= 4 is 40.6 Å². The summed E-state index contributed by atoms with van der Waals surface area (Å²) in [5.41, 5.74) is 3.34. The fourth-order valence-corrected chi connectivity index (χ4v) is 3.95. The first-order chi connectivity index (χ1) is 16.6. The van der Waals surface area contributed by atoms with Gasteiger partial charge in [-0.05, 0) is 54.1 Å². The molecule has 3 amide bonds. The molecule has 4 N–H and O–H groups in total. The Morgan fingerprint density at radius 1 is 0.853 bits per heavy atom. The minimum Gasteiger partial charge on any atom is -0.369 e. The summed E-state index contributed by atoms with van der Waals surface area (Å²) in [5, 5.41) is 12.4. The van der Waals surface area contributed by atoms with Gasteiger partial charge in [-0.2, -0.15) is 0 Å². The summed E-state index contributed by atoms with van der Waals surface area (Å²) in [7, 11) is 0. The molecule has 1 aliphatic heterocycles. The topological polar surface area (TPSA) is 85.5 Å². The average molecular weight is 478 g/mol. The lowest BCUT2D eigenvalue weighted by Gasteiger charge is -2.29. The third-order valence-electron chi connectivity index (χ3n) is 5.62. The maximum atomic E-state index is 13.1.